The summed E-state index contributed by atoms with van der Waals surface area (Å²) >= 11 is 0. The Hall–Kier alpha value is -2.48. The second kappa shape index (κ2) is 12.3. The maximum Gasteiger partial charge on any atom is 0.315 e. The van der Waals surface area contributed by atoms with Crippen molar-refractivity contribution in [2.75, 3.05) is 51.8 Å². The fourth-order valence-electron chi connectivity index (χ4n) is 3.76. The van der Waals surface area contributed by atoms with E-state index in [9.17, 15) is 9.59 Å². The monoisotopic (exact) mass is 420 g/mol. The number of urea groups is 1. The van der Waals surface area contributed by atoms with Crippen LogP contribution in [0, 0.1) is 0 Å². The van der Waals surface area contributed by atoms with Gasteiger partial charge in [-0.25, -0.2) is 4.79 Å². The summed E-state index contributed by atoms with van der Waals surface area (Å²) in [5.41, 5.74) is 0.731. The van der Waals surface area contributed by atoms with Gasteiger partial charge in [0.05, 0.1) is 20.3 Å². The topological polar surface area (TPSA) is 83.1 Å². The van der Waals surface area contributed by atoms with Crippen LogP contribution in [0.1, 0.15) is 39.5 Å². The number of nitrogens with zero attached hydrogens (tertiary/aromatic N) is 2. The first-order valence-corrected chi connectivity index (χ1v) is 10.8. The van der Waals surface area contributed by atoms with Gasteiger partial charge in [-0.05, 0) is 51.0 Å². The van der Waals surface area contributed by atoms with Crippen molar-refractivity contribution in [2.45, 2.75) is 45.6 Å². The highest BCUT2D eigenvalue weighted by molar-refractivity contribution is 5.97. The van der Waals surface area contributed by atoms with Gasteiger partial charge in [-0.1, -0.05) is 13.8 Å². The lowest BCUT2D eigenvalue weighted by atomic mass is 10.2. The summed E-state index contributed by atoms with van der Waals surface area (Å²) in [7, 11) is 3.13. The number of methoxy groups -OCH3 is 2. The molecular weight excluding hydrogens is 384 g/mol. The van der Waals surface area contributed by atoms with Gasteiger partial charge in [0.2, 0.25) is 5.91 Å². The highest BCUT2D eigenvalue weighted by Crippen LogP contribution is 2.33. The number of anilines is 1. The highest BCUT2D eigenvalue weighted by Gasteiger charge is 2.32. The van der Waals surface area contributed by atoms with E-state index in [0.717, 1.165) is 44.6 Å². The maximum atomic E-state index is 12.5. The van der Waals surface area contributed by atoms with Crippen LogP contribution in [0.5, 0.6) is 11.5 Å². The predicted octanol–water partition coefficient (Wildman–Crippen LogP) is 2.62. The normalized spacial score (nSPS) is 16.1. The second-order valence-corrected chi connectivity index (χ2v) is 7.54. The number of carbonyl (C=O) groups is 2. The minimum atomic E-state index is -0.223. The van der Waals surface area contributed by atoms with Gasteiger partial charge < -0.3 is 29.9 Å². The molecule has 1 fully saturated rings. The van der Waals surface area contributed by atoms with Gasteiger partial charge in [0.1, 0.15) is 0 Å². The molecule has 1 saturated heterocycles. The molecule has 1 aromatic rings. The molecule has 0 aromatic heterocycles. The predicted molar refractivity (Wildman–Crippen MR) is 118 cm³/mol. The van der Waals surface area contributed by atoms with E-state index in [0.29, 0.717) is 24.6 Å². The van der Waals surface area contributed by atoms with Crippen LogP contribution < -0.4 is 25.0 Å². The van der Waals surface area contributed by atoms with E-state index in [1.165, 1.54) is 0 Å². The summed E-state index contributed by atoms with van der Waals surface area (Å²) in [4.78, 5) is 28.8. The largest absolute Gasteiger partial charge is 0.493 e. The van der Waals surface area contributed by atoms with E-state index in [1.54, 1.807) is 31.3 Å². The van der Waals surface area contributed by atoms with Crippen molar-refractivity contribution in [3.8, 4) is 11.5 Å². The number of benzene rings is 1. The third kappa shape index (κ3) is 6.79. The number of hydrogen-bond acceptors (Lipinski definition) is 5. The van der Waals surface area contributed by atoms with Crippen LogP contribution in [-0.2, 0) is 4.79 Å². The third-order valence-electron chi connectivity index (χ3n) is 5.16. The lowest BCUT2D eigenvalue weighted by Crippen LogP contribution is -2.44. The molecule has 1 aromatic carbocycles. The molecule has 1 atom stereocenters. The smallest absolute Gasteiger partial charge is 0.315 e. The van der Waals surface area contributed by atoms with Crippen LogP contribution in [-0.4, -0.2) is 69.8 Å². The lowest BCUT2D eigenvalue weighted by Gasteiger charge is -2.21. The third-order valence-corrected chi connectivity index (χ3v) is 5.16. The molecule has 3 amide bonds. The Morgan fingerprint density at radius 2 is 1.83 bits per heavy atom. The summed E-state index contributed by atoms with van der Waals surface area (Å²) < 4.78 is 10.6. The summed E-state index contributed by atoms with van der Waals surface area (Å²) in [6.07, 6.45) is 3.47. The van der Waals surface area contributed by atoms with Crippen LogP contribution >= 0.6 is 0 Å². The zero-order valence-electron chi connectivity index (χ0n) is 18.7. The van der Waals surface area contributed by atoms with Crippen LogP contribution in [0.15, 0.2) is 18.2 Å². The van der Waals surface area contributed by atoms with Crippen molar-refractivity contribution in [2.24, 2.45) is 0 Å². The molecular formula is C22H36N4O4. The number of hydrogen-bond donors (Lipinski definition) is 2. The Morgan fingerprint density at radius 3 is 2.47 bits per heavy atom. The molecule has 0 bridgehead atoms. The van der Waals surface area contributed by atoms with Gasteiger partial charge in [-0.3, -0.25) is 4.79 Å². The molecule has 1 aliphatic rings. The Morgan fingerprint density at radius 1 is 1.13 bits per heavy atom. The van der Waals surface area contributed by atoms with Gasteiger partial charge >= 0.3 is 6.03 Å². The van der Waals surface area contributed by atoms with Crippen molar-refractivity contribution in [1.29, 1.82) is 0 Å². The quantitative estimate of drug-likeness (QED) is 0.508. The Balaban J connectivity index is 1.79. The molecule has 2 rings (SSSR count). The molecule has 30 heavy (non-hydrogen) atoms. The number of amides is 3. The molecule has 8 heteroatoms. The van der Waals surface area contributed by atoms with E-state index in [2.05, 4.69) is 29.4 Å². The minimum absolute atomic E-state index is 0.0257. The SMILES string of the molecule is CCCN(CCC)CCCNC(=O)N[C@H]1CC(=O)N(c2ccc(OC)c(OC)c2)C1. The van der Waals surface area contributed by atoms with Gasteiger partial charge in [0, 0.05) is 31.3 Å². The molecule has 1 heterocycles. The van der Waals surface area contributed by atoms with Crippen LogP contribution in [0.2, 0.25) is 0 Å². The average Bonchev–Trinajstić information content (AvgIpc) is 3.10. The molecule has 0 aliphatic carbocycles. The minimum Gasteiger partial charge on any atom is -0.493 e. The number of rotatable bonds is 12. The first-order chi connectivity index (χ1) is 14.5. The van der Waals surface area contributed by atoms with Gasteiger partial charge in [0.25, 0.3) is 0 Å². The maximum absolute atomic E-state index is 12.5. The Kier molecular flexibility index (Phi) is 9.73. The summed E-state index contributed by atoms with van der Waals surface area (Å²) in [6.45, 7) is 8.59. The van der Waals surface area contributed by atoms with E-state index in [4.69, 9.17) is 9.47 Å². The first-order valence-electron chi connectivity index (χ1n) is 10.8. The van der Waals surface area contributed by atoms with Gasteiger partial charge in [-0.2, -0.15) is 0 Å². The molecule has 1 aliphatic heterocycles. The van der Waals surface area contributed by atoms with Gasteiger partial charge in [-0.15, -0.1) is 0 Å². The Labute approximate surface area is 179 Å². The van der Waals surface area contributed by atoms with Crippen molar-refractivity contribution >= 4 is 17.6 Å². The summed E-state index contributed by atoms with van der Waals surface area (Å²) in [6, 6.07) is 4.93. The number of carbonyl (C=O) groups excluding carboxylic acids is 2. The molecule has 8 nitrogen and oxygen atoms in total. The van der Waals surface area contributed by atoms with Crippen LogP contribution in [0.25, 0.3) is 0 Å². The van der Waals surface area contributed by atoms with Crippen molar-refractivity contribution in [1.82, 2.24) is 15.5 Å². The van der Waals surface area contributed by atoms with Crippen LogP contribution in [0.3, 0.4) is 0 Å². The molecule has 0 radical (unpaired) electrons. The fraction of sp³-hybridized carbons (Fsp3) is 0.636. The molecule has 0 unspecified atom stereocenters. The number of ether oxygens (including phenoxy) is 2. The van der Waals surface area contributed by atoms with Crippen molar-refractivity contribution < 1.29 is 19.1 Å². The van der Waals surface area contributed by atoms with E-state index in [-0.39, 0.29) is 24.4 Å². The molecule has 0 spiro atoms. The Bertz CT molecular complexity index is 692. The average molecular weight is 421 g/mol. The second-order valence-electron chi connectivity index (χ2n) is 7.54. The van der Waals surface area contributed by atoms with E-state index < -0.39 is 0 Å². The van der Waals surface area contributed by atoms with Crippen LogP contribution in [0.4, 0.5) is 10.5 Å². The van der Waals surface area contributed by atoms with E-state index in [1.807, 2.05) is 6.07 Å². The highest BCUT2D eigenvalue weighted by atomic mass is 16.5. The fourth-order valence-corrected chi connectivity index (χ4v) is 3.76. The van der Waals surface area contributed by atoms with Crippen molar-refractivity contribution in [3.63, 3.8) is 0 Å². The van der Waals surface area contributed by atoms with E-state index >= 15 is 0 Å². The lowest BCUT2D eigenvalue weighted by molar-refractivity contribution is -0.117. The zero-order chi connectivity index (χ0) is 21.9. The molecule has 2 N–H and O–H groups in total. The molecule has 168 valence electrons. The summed E-state index contributed by atoms with van der Waals surface area (Å²) in [5.74, 6) is 1.15. The standard InChI is InChI=1S/C22H36N4O4/c1-5-11-25(12-6-2)13-7-10-23-22(28)24-17-14-21(27)26(16-17)18-8-9-19(29-3)20(15-18)30-4/h8-9,15,17H,5-7,10-14,16H2,1-4H3,(H2,23,24,28)/t17-/m0/s1. The van der Waals surface area contributed by atoms with Gasteiger partial charge in [0.15, 0.2) is 11.5 Å². The summed E-state index contributed by atoms with van der Waals surface area (Å²) in [5, 5.41) is 5.83. The zero-order valence-corrected chi connectivity index (χ0v) is 18.7. The van der Waals surface area contributed by atoms with Crippen molar-refractivity contribution in [3.05, 3.63) is 18.2 Å². The number of nitrogens with one attached hydrogen (secondary N) is 2. The first kappa shape index (κ1) is 23.8. The molecule has 0 saturated carbocycles.